The molecule has 84 valence electrons. The fourth-order valence-electron chi connectivity index (χ4n) is 2.15. The van der Waals surface area contributed by atoms with E-state index in [9.17, 15) is 5.11 Å². The van der Waals surface area contributed by atoms with E-state index >= 15 is 0 Å². The molecule has 1 aliphatic carbocycles. The van der Waals surface area contributed by atoms with E-state index in [4.69, 9.17) is 11.2 Å². The third-order valence-corrected chi connectivity index (χ3v) is 2.94. The van der Waals surface area contributed by atoms with Crippen LogP contribution in [-0.2, 0) is 6.42 Å². The monoisotopic (exact) mass is 216 g/mol. The standard InChI is InChI=1S/C14H16O2/c1-2-3-10-16-14-9-5-6-11-12(14)7-4-8-13(11)15/h1,5-6,9,13,15H,3-4,7-8,10H2. The lowest BCUT2D eigenvalue weighted by Gasteiger charge is -2.23. The van der Waals surface area contributed by atoms with Crippen molar-refractivity contribution in [3.05, 3.63) is 29.3 Å². The normalized spacial score (nSPS) is 18.6. The molecule has 0 radical (unpaired) electrons. The van der Waals surface area contributed by atoms with Crippen molar-refractivity contribution in [1.29, 1.82) is 0 Å². The van der Waals surface area contributed by atoms with Crippen LogP contribution in [0.1, 0.15) is 36.5 Å². The van der Waals surface area contributed by atoms with E-state index in [2.05, 4.69) is 5.92 Å². The van der Waals surface area contributed by atoms with Crippen LogP contribution < -0.4 is 4.74 Å². The summed E-state index contributed by atoms with van der Waals surface area (Å²) in [7, 11) is 0. The van der Waals surface area contributed by atoms with Crippen molar-refractivity contribution in [1.82, 2.24) is 0 Å². The number of rotatable bonds is 3. The number of ether oxygens (including phenoxy) is 1. The van der Waals surface area contributed by atoms with E-state index in [1.54, 1.807) is 0 Å². The SMILES string of the molecule is C#CCCOc1cccc2c1CCCC2O. The summed E-state index contributed by atoms with van der Waals surface area (Å²) in [5.74, 6) is 3.43. The Morgan fingerprint density at radius 2 is 2.38 bits per heavy atom. The Morgan fingerprint density at radius 1 is 1.50 bits per heavy atom. The number of benzene rings is 1. The molecular formula is C14H16O2. The van der Waals surface area contributed by atoms with Gasteiger partial charge in [0.2, 0.25) is 0 Å². The summed E-state index contributed by atoms with van der Waals surface area (Å²) in [6.07, 6.45) is 8.32. The van der Waals surface area contributed by atoms with E-state index in [1.807, 2.05) is 18.2 Å². The van der Waals surface area contributed by atoms with Gasteiger partial charge < -0.3 is 9.84 Å². The van der Waals surface area contributed by atoms with E-state index in [-0.39, 0.29) is 6.10 Å². The van der Waals surface area contributed by atoms with Crippen LogP contribution in [0.3, 0.4) is 0 Å². The van der Waals surface area contributed by atoms with Crippen LogP contribution in [-0.4, -0.2) is 11.7 Å². The molecule has 0 fully saturated rings. The van der Waals surface area contributed by atoms with E-state index in [1.165, 1.54) is 0 Å². The molecule has 2 heteroatoms. The lowest BCUT2D eigenvalue weighted by atomic mass is 9.89. The van der Waals surface area contributed by atoms with Crippen molar-refractivity contribution >= 4 is 0 Å². The van der Waals surface area contributed by atoms with Gasteiger partial charge in [0, 0.05) is 6.42 Å². The highest BCUT2D eigenvalue weighted by molar-refractivity contribution is 5.42. The van der Waals surface area contributed by atoms with Crippen molar-refractivity contribution < 1.29 is 9.84 Å². The molecule has 0 saturated carbocycles. The lowest BCUT2D eigenvalue weighted by molar-refractivity contribution is 0.155. The van der Waals surface area contributed by atoms with Crippen LogP contribution >= 0.6 is 0 Å². The average Bonchev–Trinajstić information content (AvgIpc) is 2.31. The molecule has 1 aromatic rings. The zero-order valence-electron chi connectivity index (χ0n) is 9.28. The predicted octanol–water partition coefficient (Wildman–Crippen LogP) is 2.46. The van der Waals surface area contributed by atoms with Gasteiger partial charge in [-0.05, 0) is 36.5 Å². The minimum absolute atomic E-state index is 0.333. The molecule has 0 saturated heterocycles. The van der Waals surface area contributed by atoms with Crippen LogP contribution in [0.2, 0.25) is 0 Å². The molecule has 0 spiro atoms. The van der Waals surface area contributed by atoms with E-state index in [0.717, 1.165) is 36.1 Å². The zero-order valence-corrected chi connectivity index (χ0v) is 9.28. The van der Waals surface area contributed by atoms with Crippen LogP contribution in [0.25, 0.3) is 0 Å². The Labute approximate surface area is 96.3 Å². The van der Waals surface area contributed by atoms with Crippen molar-refractivity contribution in [2.45, 2.75) is 31.8 Å². The predicted molar refractivity (Wildman–Crippen MR) is 63.3 cm³/mol. The molecule has 1 N–H and O–H groups in total. The summed E-state index contributed by atoms with van der Waals surface area (Å²) in [5.41, 5.74) is 2.17. The van der Waals surface area contributed by atoms with Gasteiger partial charge in [0.05, 0.1) is 12.7 Å². The molecule has 0 aliphatic heterocycles. The number of hydrogen-bond donors (Lipinski definition) is 1. The number of terminal acetylenes is 1. The Balaban J connectivity index is 2.19. The Kier molecular flexibility index (Phi) is 3.48. The topological polar surface area (TPSA) is 29.5 Å². The van der Waals surface area contributed by atoms with Gasteiger partial charge in [0.25, 0.3) is 0 Å². The molecule has 0 bridgehead atoms. The van der Waals surface area contributed by atoms with Gasteiger partial charge >= 0.3 is 0 Å². The van der Waals surface area contributed by atoms with Crippen LogP contribution in [0.15, 0.2) is 18.2 Å². The molecule has 1 atom stereocenters. The van der Waals surface area contributed by atoms with Gasteiger partial charge in [-0.25, -0.2) is 0 Å². The van der Waals surface area contributed by atoms with Crippen LogP contribution in [0, 0.1) is 12.3 Å². The second kappa shape index (κ2) is 5.05. The van der Waals surface area contributed by atoms with Crippen molar-refractivity contribution in [2.24, 2.45) is 0 Å². The molecule has 0 amide bonds. The number of fused-ring (bicyclic) bond motifs is 1. The Bertz CT molecular complexity index is 404. The summed E-state index contributed by atoms with van der Waals surface area (Å²) in [4.78, 5) is 0. The van der Waals surface area contributed by atoms with Gasteiger partial charge in [0.15, 0.2) is 0 Å². The van der Waals surface area contributed by atoms with Crippen molar-refractivity contribution in [3.63, 3.8) is 0 Å². The maximum absolute atomic E-state index is 9.87. The minimum Gasteiger partial charge on any atom is -0.492 e. The van der Waals surface area contributed by atoms with Crippen molar-refractivity contribution in [2.75, 3.05) is 6.61 Å². The first-order chi connectivity index (χ1) is 7.83. The maximum atomic E-state index is 9.87. The maximum Gasteiger partial charge on any atom is 0.122 e. The highest BCUT2D eigenvalue weighted by atomic mass is 16.5. The lowest BCUT2D eigenvalue weighted by Crippen LogP contribution is -2.11. The third kappa shape index (κ3) is 2.20. The molecule has 1 aromatic carbocycles. The van der Waals surface area contributed by atoms with Crippen molar-refractivity contribution in [3.8, 4) is 18.1 Å². The second-order valence-corrected chi connectivity index (χ2v) is 4.03. The molecular weight excluding hydrogens is 200 g/mol. The summed E-state index contributed by atoms with van der Waals surface area (Å²) < 4.78 is 5.64. The minimum atomic E-state index is -0.333. The van der Waals surface area contributed by atoms with Crippen LogP contribution in [0.4, 0.5) is 0 Å². The Hall–Kier alpha value is -1.46. The first-order valence-electron chi connectivity index (χ1n) is 5.69. The third-order valence-electron chi connectivity index (χ3n) is 2.94. The molecule has 0 aromatic heterocycles. The summed E-state index contributed by atoms with van der Waals surface area (Å²) >= 11 is 0. The van der Waals surface area contributed by atoms with E-state index < -0.39 is 0 Å². The molecule has 0 heterocycles. The van der Waals surface area contributed by atoms with Gasteiger partial charge in [-0.1, -0.05) is 12.1 Å². The molecule has 1 aliphatic rings. The van der Waals surface area contributed by atoms with Gasteiger partial charge in [-0.15, -0.1) is 12.3 Å². The van der Waals surface area contributed by atoms with Gasteiger partial charge in [-0.2, -0.15) is 0 Å². The zero-order chi connectivity index (χ0) is 11.4. The molecule has 2 nitrogen and oxygen atoms in total. The fourth-order valence-corrected chi connectivity index (χ4v) is 2.15. The first kappa shape index (κ1) is 11.0. The van der Waals surface area contributed by atoms with Crippen LogP contribution in [0.5, 0.6) is 5.75 Å². The average molecular weight is 216 g/mol. The fraction of sp³-hybridized carbons (Fsp3) is 0.429. The second-order valence-electron chi connectivity index (χ2n) is 4.03. The molecule has 16 heavy (non-hydrogen) atoms. The highest BCUT2D eigenvalue weighted by Gasteiger charge is 2.20. The number of aliphatic hydroxyl groups excluding tert-OH is 1. The summed E-state index contributed by atoms with van der Waals surface area (Å²) in [6, 6.07) is 5.86. The summed E-state index contributed by atoms with van der Waals surface area (Å²) in [5, 5.41) is 9.87. The quantitative estimate of drug-likeness (QED) is 0.621. The first-order valence-corrected chi connectivity index (χ1v) is 5.69. The smallest absolute Gasteiger partial charge is 0.122 e. The Morgan fingerprint density at radius 3 is 3.19 bits per heavy atom. The largest absolute Gasteiger partial charge is 0.492 e. The number of aliphatic hydroxyl groups is 1. The highest BCUT2D eigenvalue weighted by Crippen LogP contribution is 2.35. The van der Waals surface area contributed by atoms with Gasteiger partial charge in [-0.3, -0.25) is 0 Å². The van der Waals surface area contributed by atoms with Gasteiger partial charge in [0.1, 0.15) is 5.75 Å². The number of hydrogen-bond acceptors (Lipinski definition) is 2. The van der Waals surface area contributed by atoms with E-state index in [0.29, 0.717) is 13.0 Å². The summed E-state index contributed by atoms with van der Waals surface area (Å²) in [6.45, 7) is 0.545. The molecule has 2 rings (SSSR count). The molecule has 1 unspecified atom stereocenters.